The van der Waals surface area contributed by atoms with Gasteiger partial charge in [0.1, 0.15) is 24.2 Å². The number of hydrogen-bond donors (Lipinski definition) is 4. The lowest BCUT2D eigenvalue weighted by molar-refractivity contribution is -0.183. The largest absolute Gasteiger partial charge is 0.496 e. The number of amides is 1. The smallest absolute Gasteiger partial charge is 0.335 e. The van der Waals surface area contributed by atoms with Crippen LogP contribution in [0.5, 0.6) is 5.75 Å². The molecular formula is C33H42N2O8. The van der Waals surface area contributed by atoms with Crippen molar-refractivity contribution in [2.45, 2.75) is 71.4 Å². The van der Waals surface area contributed by atoms with E-state index in [2.05, 4.69) is 26.1 Å². The minimum atomic E-state index is -1.16. The summed E-state index contributed by atoms with van der Waals surface area (Å²) in [7, 11) is 1.49. The van der Waals surface area contributed by atoms with Crippen LogP contribution in [0.3, 0.4) is 0 Å². The van der Waals surface area contributed by atoms with Gasteiger partial charge in [0.05, 0.1) is 31.9 Å². The van der Waals surface area contributed by atoms with E-state index in [0.29, 0.717) is 46.5 Å². The number of benzene rings is 2. The number of rotatable bonds is 10. The summed E-state index contributed by atoms with van der Waals surface area (Å²) in [5, 5.41) is 35.3. The van der Waals surface area contributed by atoms with Crippen LogP contribution in [0.4, 0.5) is 0 Å². The van der Waals surface area contributed by atoms with Crippen molar-refractivity contribution in [1.82, 2.24) is 10.4 Å². The van der Waals surface area contributed by atoms with Gasteiger partial charge in [-0.2, -0.15) is 5.06 Å². The Bertz CT molecular complexity index is 1390. The number of aliphatic hydroxyl groups excluding tert-OH is 2. The van der Waals surface area contributed by atoms with Gasteiger partial charge in [-0.05, 0) is 66.7 Å². The van der Waals surface area contributed by atoms with E-state index in [1.807, 2.05) is 6.07 Å². The normalized spacial score (nSPS) is 30.3. The molecule has 0 unspecified atom stereocenters. The number of hydrogen-bond acceptors (Lipinski definition) is 8. The van der Waals surface area contributed by atoms with Gasteiger partial charge in [0, 0.05) is 28.7 Å². The van der Waals surface area contributed by atoms with E-state index >= 15 is 0 Å². The summed E-state index contributed by atoms with van der Waals surface area (Å²) in [4.78, 5) is 43.4. The summed E-state index contributed by atoms with van der Waals surface area (Å²) < 4.78 is 5.79. The first-order valence-corrected chi connectivity index (χ1v) is 14.9. The predicted octanol–water partition coefficient (Wildman–Crippen LogP) is 3.53. The fourth-order valence-corrected chi connectivity index (χ4v) is 7.83. The number of aliphatic hydroxyl groups is 2. The standard InChI is InChI=1S/C33H42N2O8/c1-17-25-12-23(33(25,3)4)13-26(17)34-31(39)29-28(18(2)38)27(16-37)43-35(29)14-20-7-6-8-24(30(20)42-5)21-9-19(15-36)10-22(11-21)32(40)41/h6-11,15,17-18,23,25-29,37-38H,12-14,16H2,1-5H3,(H,34,39)(H,40,41)/t17-,18-,23+,25-,26-,27-,28+,29-/m0/s1. The van der Waals surface area contributed by atoms with Crippen LogP contribution in [-0.4, -0.2) is 76.6 Å². The van der Waals surface area contributed by atoms with Crippen LogP contribution in [0.25, 0.3) is 11.1 Å². The lowest BCUT2D eigenvalue weighted by Gasteiger charge is -2.62. The third-order valence-electron chi connectivity index (χ3n) is 10.3. The quantitative estimate of drug-likeness (QED) is 0.304. The molecule has 4 N–H and O–H groups in total. The molecule has 1 aliphatic heterocycles. The molecule has 10 nitrogen and oxygen atoms in total. The zero-order chi connectivity index (χ0) is 31.2. The molecule has 6 rings (SSSR count). The van der Waals surface area contributed by atoms with Gasteiger partial charge in [-0.25, -0.2) is 4.79 Å². The second-order valence-electron chi connectivity index (χ2n) is 13.0. The number of nitrogens with zero attached hydrogens (tertiary/aromatic N) is 1. The zero-order valence-corrected chi connectivity index (χ0v) is 25.3. The Labute approximate surface area is 251 Å². The van der Waals surface area contributed by atoms with Crippen LogP contribution >= 0.6 is 0 Å². The molecule has 232 valence electrons. The summed E-state index contributed by atoms with van der Waals surface area (Å²) in [6.07, 6.45) is 0.963. The molecule has 0 radical (unpaired) electrons. The fourth-order valence-electron chi connectivity index (χ4n) is 7.83. The maximum absolute atomic E-state index is 14.0. The minimum Gasteiger partial charge on any atom is -0.496 e. The number of aromatic carboxylic acids is 1. The van der Waals surface area contributed by atoms with Gasteiger partial charge in [-0.15, -0.1) is 0 Å². The summed E-state index contributed by atoms with van der Waals surface area (Å²) in [6, 6.07) is 8.86. The number of carbonyl (C=O) groups is 3. The number of carboxylic acids is 1. The highest BCUT2D eigenvalue weighted by Crippen LogP contribution is 2.61. The first kappa shape index (κ1) is 31.1. The predicted molar refractivity (Wildman–Crippen MR) is 158 cm³/mol. The van der Waals surface area contributed by atoms with Crippen molar-refractivity contribution in [2.24, 2.45) is 29.1 Å². The van der Waals surface area contributed by atoms with E-state index in [4.69, 9.17) is 9.57 Å². The van der Waals surface area contributed by atoms with Crippen LogP contribution in [0, 0.1) is 29.1 Å². The molecule has 2 bridgehead atoms. The Morgan fingerprint density at radius 2 is 1.98 bits per heavy atom. The third-order valence-corrected chi connectivity index (χ3v) is 10.3. The number of fused-ring (bicyclic) bond motifs is 2. The van der Waals surface area contributed by atoms with Crippen molar-refractivity contribution in [3.8, 4) is 16.9 Å². The number of carboxylic acid groups (broad SMARTS) is 1. The monoisotopic (exact) mass is 594 g/mol. The highest BCUT2D eigenvalue weighted by atomic mass is 16.7. The summed E-state index contributed by atoms with van der Waals surface area (Å²) in [5.41, 5.74) is 2.14. The van der Waals surface area contributed by atoms with Crippen molar-refractivity contribution < 1.29 is 39.3 Å². The van der Waals surface area contributed by atoms with E-state index in [0.717, 1.165) is 6.42 Å². The number of nitrogens with one attached hydrogen (secondary N) is 1. The molecule has 1 saturated heterocycles. The van der Waals surface area contributed by atoms with Crippen LogP contribution in [0.1, 0.15) is 66.8 Å². The highest BCUT2D eigenvalue weighted by molar-refractivity contribution is 5.93. The lowest BCUT2D eigenvalue weighted by atomic mass is 9.45. The molecule has 43 heavy (non-hydrogen) atoms. The van der Waals surface area contributed by atoms with Crippen LogP contribution in [-0.2, 0) is 16.2 Å². The number of hydroxylamine groups is 2. The van der Waals surface area contributed by atoms with Gasteiger partial charge in [-0.3, -0.25) is 14.4 Å². The maximum Gasteiger partial charge on any atom is 0.335 e. The Kier molecular flexibility index (Phi) is 8.68. The molecule has 10 heteroatoms. The Balaban J connectivity index is 1.46. The van der Waals surface area contributed by atoms with Gasteiger partial charge in [0.2, 0.25) is 5.91 Å². The van der Waals surface area contributed by atoms with Crippen LogP contribution < -0.4 is 10.1 Å². The molecule has 8 atom stereocenters. The molecule has 1 amide bonds. The summed E-state index contributed by atoms with van der Waals surface area (Å²) in [5.74, 6) is -0.256. The Morgan fingerprint density at radius 1 is 1.23 bits per heavy atom. The average molecular weight is 595 g/mol. The van der Waals surface area contributed by atoms with Gasteiger partial charge < -0.3 is 25.4 Å². The number of ether oxygens (including phenoxy) is 1. The SMILES string of the molecule is COc1c(CN2O[C@@H](CO)[C@@H]([C@H](C)O)[C@H]2C(=O)N[C@H]2C[C@H]3C[C@@H]([C@@H]2C)C3(C)C)cccc1-c1cc(C=O)cc(C(=O)O)c1. The molecule has 2 aromatic rings. The molecular weight excluding hydrogens is 552 g/mol. The number of methoxy groups -OCH3 is 1. The first-order valence-electron chi connectivity index (χ1n) is 14.9. The first-order chi connectivity index (χ1) is 20.4. The second kappa shape index (κ2) is 12.0. The molecule has 1 heterocycles. The molecule has 3 saturated carbocycles. The van der Waals surface area contributed by atoms with Crippen molar-refractivity contribution in [2.75, 3.05) is 13.7 Å². The molecule has 3 aliphatic carbocycles. The number of para-hydroxylation sites is 1. The molecule has 4 fully saturated rings. The third kappa shape index (κ3) is 5.57. The van der Waals surface area contributed by atoms with Crippen molar-refractivity contribution in [1.29, 1.82) is 0 Å². The van der Waals surface area contributed by atoms with E-state index in [1.165, 1.54) is 30.7 Å². The second-order valence-corrected chi connectivity index (χ2v) is 13.0. The fraction of sp³-hybridized carbons (Fsp3) is 0.545. The lowest BCUT2D eigenvalue weighted by Crippen LogP contribution is -2.62. The number of carbonyl (C=O) groups excluding carboxylic acids is 2. The van der Waals surface area contributed by atoms with Crippen molar-refractivity contribution >= 4 is 18.2 Å². The zero-order valence-electron chi connectivity index (χ0n) is 25.3. The Morgan fingerprint density at radius 3 is 2.56 bits per heavy atom. The van der Waals surface area contributed by atoms with E-state index < -0.39 is 30.1 Å². The van der Waals surface area contributed by atoms with E-state index in [-0.39, 0.29) is 41.6 Å². The molecule has 2 aromatic carbocycles. The van der Waals surface area contributed by atoms with E-state index in [1.54, 1.807) is 25.1 Å². The Hall–Kier alpha value is -3.31. The maximum atomic E-state index is 14.0. The summed E-state index contributed by atoms with van der Waals surface area (Å²) >= 11 is 0. The van der Waals surface area contributed by atoms with Gasteiger partial charge in [-0.1, -0.05) is 39.0 Å². The average Bonchev–Trinajstić information content (AvgIpc) is 3.36. The van der Waals surface area contributed by atoms with Crippen LogP contribution in [0.15, 0.2) is 36.4 Å². The van der Waals surface area contributed by atoms with Gasteiger partial charge >= 0.3 is 5.97 Å². The topological polar surface area (TPSA) is 146 Å². The van der Waals surface area contributed by atoms with Crippen molar-refractivity contribution in [3.63, 3.8) is 0 Å². The van der Waals surface area contributed by atoms with Crippen molar-refractivity contribution in [3.05, 3.63) is 53.1 Å². The molecule has 4 aliphatic rings. The summed E-state index contributed by atoms with van der Waals surface area (Å²) in [6.45, 7) is 8.13. The molecule has 0 spiro atoms. The number of aldehydes is 1. The highest BCUT2D eigenvalue weighted by Gasteiger charge is 2.57. The van der Waals surface area contributed by atoms with Gasteiger partial charge in [0.15, 0.2) is 0 Å². The minimum absolute atomic E-state index is 0.0142. The van der Waals surface area contributed by atoms with Crippen LogP contribution in [0.2, 0.25) is 0 Å². The van der Waals surface area contributed by atoms with Gasteiger partial charge in [0.25, 0.3) is 0 Å². The molecule has 0 aromatic heterocycles. The van der Waals surface area contributed by atoms with E-state index in [9.17, 15) is 29.7 Å².